The van der Waals surface area contributed by atoms with Crippen LogP contribution in [0.15, 0.2) is 36.8 Å². The van der Waals surface area contributed by atoms with Crippen molar-refractivity contribution in [2.45, 2.75) is 19.4 Å². The summed E-state index contributed by atoms with van der Waals surface area (Å²) in [6, 6.07) is 8.64. The Kier molecular flexibility index (Phi) is 3.95. The van der Waals surface area contributed by atoms with Crippen molar-refractivity contribution in [3.63, 3.8) is 0 Å². The molecule has 2 bridgehead atoms. The maximum absolute atomic E-state index is 9.47. The average Bonchev–Trinajstić information content (AvgIpc) is 3.16. The molecule has 1 saturated carbocycles. The molecule has 2 saturated heterocycles. The summed E-state index contributed by atoms with van der Waals surface area (Å²) < 4.78 is 7.38. The number of pyridine rings is 2. The standard InChI is InChI=1S/C21H22N6O/c1-2-28-17-6-18(21-16(7-22)9-25-27(21)12-17)13-3-4-19(24-8-13)26-10-14-5-15(11-26)20(14)23/h3-4,6,8-9,12,14-15,20H,2,5,10-11,23H2,1H3/t14-,15+,20+. The zero-order valence-corrected chi connectivity index (χ0v) is 15.7. The molecule has 1 aliphatic carbocycles. The van der Waals surface area contributed by atoms with E-state index in [-0.39, 0.29) is 0 Å². The number of aromatic nitrogens is 3. The Hall–Kier alpha value is -3.11. The molecule has 2 N–H and O–H groups in total. The lowest BCUT2D eigenvalue weighted by molar-refractivity contribution is 0.115. The van der Waals surface area contributed by atoms with Crippen molar-refractivity contribution in [1.82, 2.24) is 14.6 Å². The number of piperidine rings is 2. The van der Waals surface area contributed by atoms with Gasteiger partial charge in [0.05, 0.1) is 30.1 Å². The SMILES string of the molecule is CCOc1cc(-c2ccc(N3C[C@H]4C[C@@H](C3)[C@H]4N)nc2)c2c(C#N)cnn2c1. The first-order valence-corrected chi connectivity index (χ1v) is 9.69. The van der Waals surface area contributed by atoms with E-state index in [0.29, 0.717) is 35.8 Å². The van der Waals surface area contributed by atoms with Gasteiger partial charge >= 0.3 is 0 Å². The Morgan fingerprint density at radius 3 is 2.75 bits per heavy atom. The van der Waals surface area contributed by atoms with E-state index in [4.69, 9.17) is 15.5 Å². The van der Waals surface area contributed by atoms with Gasteiger partial charge in [-0.1, -0.05) is 0 Å². The van der Waals surface area contributed by atoms with Crippen LogP contribution >= 0.6 is 0 Å². The molecule has 0 unspecified atom stereocenters. The van der Waals surface area contributed by atoms with Crippen LogP contribution in [0.4, 0.5) is 5.82 Å². The molecule has 3 aliphatic rings. The van der Waals surface area contributed by atoms with Crippen molar-refractivity contribution in [2.75, 3.05) is 24.6 Å². The fourth-order valence-corrected chi connectivity index (χ4v) is 4.49. The Morgan fingerprint density at radius 2 is 2.11 bits per heavy atom. The van der Waals surface area contributed by atoms with Crippen LogP contribution in [-0.2, 0) is 0 Å². The van der Waals surface area contributed by atoms with Gasteiger partial charge in [-0.05, 0) is 43.4 Å². The average molecular weight is 374 g/mol. The predicted octanol–water partition coefficient (Wildman–Crippen LogP) is 2.45. The van der Waals surface area contributed by atoms with Gasteiger partial charge in [-0.25, -0.2) is 9.50 Å². The molecule has 2 aliphatic heterocycles. The number of ether oxygens (including phenoxy) is 1. The maximum atomic E-state index is 9.47. The van der Waals surface area contributed by atoms with Gasteiger partial charge in [0.15, 0.2) is 0 Å². The summed E-state index contributed by atoms with van der Waals surface area (Å²) in [7, 11) is 0. The van der Waals surface area contributed by atoms with Crippen LogP contribution in [0.2, 0.25) is 0 Å². The largest absolute Gasteiger partial charge is 0.492 e. The molecule has 0 aromatic carbocycles. The van der Waals surface area contributed by atoms with Crippen molar-refractivity contribution in [3.8, 4) is 22.9 Å². The van der Waals surface area contributed by atoms with Gasteiger partial charge in [-0.2, -0.15) is 10.4 Å². The second kappa shape index (κ2) is 6.50. The lowest BCUT2D eigenvalue weighted by Crippen LogP contribution is -2.62. The molecule has 3 fully saturated rings. The molecule has 0 radical (unpaired) electrons. The summed E-state index contributed by atoms with van der Waals surface area (Å²) >= 11 is 0. The van der Waals surface area contributed by atoms with Crippen LogP contribution in [0.1, 0.15) is 18.9 Å². The van der Waals surface area contributed by atoms with Gasteiger partial charge in [-0.15, -0.1) is 0 Å². The second-order valence-electron chi connectivity index (χ2n) is 7.63. The zero-order valence-electron chi connectivity index (χ0n) is 15.7. The van der Waals surface area contributed by atoms with Crippen LogP contribution < -0.4 is 15.4 Å². The highest BCUT2D eigenvalue weighted by molar-refractivity contribution is 5.85. The lowest BCUT2D eigenvalue weighted by atomic mass is 9.67. The van der Waals surface area contributed by atoms with E-state index in [0.717, 1.165) is 35.6 Å². The quantitative estimate of drug-likeness (QED) is 0.754. The van der Waals surface area contributed by atoms with Crippen LogP contribution in [-0.4, -0.2) is 40.3 Å². The topological polar surface area (TPSA) is 92.5 Å². The van der Waals surface area contributed by atoms with Gasteiger partial charge < -0.3 is 15.4 Å². The number of nitrogens with two attached hydrogens (primary N) is 1. The molecule has 3 aromatic heterocycles. The Morgan fingerprint density at radius 1 is 1.29 bits per heavy atom. The zero-order chi connectivity index (χ0) is 19.3. The summed E-state index contributed by atoms with van der Waals surface area (Å²) in [4.78, 5) is 7.04. The summed E-state index contributed by atoms with van der Waals surface area (Å²) in [6.45, 7) is 4.47. The maximum Gasteiger partial charge on any atom is 0.138 e. The lowest BCUT2D eigenvalue weighted by Gasteiger charge is -2.52. The molecule has 0 amide bonds. The summed E-state index contributed by atoms with van der Waals surface area (Å²) in [5, 5.41) is 13.8. The van der Waals surface area contributed by atoms with Gasteiger partial charge in [-0.3, -0.25) is 0 Å². The summed E-state index contributed by atoms with van der Waals surface area (Å²) in [5.41, 5.74) is 9.31. The molecule has 0 spiro atoms. The van der Waals surface area contributed by atoms with Crippen LogP contribution in [0.25, 0.3) is 16.6 Å². The molecule has 5 heterocycles. The van der Waals surface area contributed by atoms with Gasteiger partial charge in [0.2, 0.25) is 0 Å². The number of hydrogen-bond acceptors (Lipinski definition) is 6. The van der Waals surface area contributed by atoms with E-state index < -0.39 is 0 Å². The monoisotopic (exact) mass is 374 g/mol. The molecular weight excluding hydrogens is 352 g/mol. The summed E-state index contributed by atoms with van der Waals surface area (Å²) in [5.74, 6) is 2.88. The first kappa shape index (κ1) is 17.0. The Bertz CT molecular complexity index is 1050. The van der Waals surface area contributed by atoms with E-state index in [1.54, 1.807) is 16.9 Å². The molecule has 7 heteroatoms. The number of fused-ring (bicyclic) bond motifs is 3. The molecule has 28 heavy (non-hydrogen) atoms. The Balaban J connectivity index is 1.51. The minimum atomic E-state index is 0.358. The van der Waals surface area contributed by atoms with Crippen molar-refractivity contribution < 1.29 is 4.74 Å². The van der Waals surface area contributed by atoms with Gasteiger partial charge in [0, 0.05) is 36.5 Å². The van der Waals surface area contributed by atoms with Crippen LogP contribution in [0.3, 0.4) is 0 Å². The van der Waals surface area contributed by atoms with Crippen molar-refractivity contribution in [3.05, 3.63) is 42.4 Å². The number of hydrogen-bond donors (Lipinski definition) is 1. The molecular formula is C21H22N6O. The number of rotatable bonds is 4. The molecule has 3 aromatic rings. The van der Waals surface area contributed by atoms with Crippen molar-refractivity contribution in [1.29, 1.82) is 5.26 Å². The van der Waals surface area contributed by atoms with Crippen LogP contribution in [0.5, 0.6) is 5.75 Å². The molecule has 6 rings (SSSR count). The highest BCUT2D eigenvalue weighted by atomic mass is 16.5. The molecule has 3 atom stereocenters. The minimum absolute atomic E-state index is 0.358. The van der Waals surface area contributed by atoms with E-state index >= 15 is 0 Å². The number of nitriles is 1. The summed E-state index contributed by atoms with van der Waals surface area (Å²) in [6.07, 6.45) is 6.50. The van der Waals surface area contributed by atoms with Crippen LogP contribution in [0, 0.1) is 23.2 Å². The van der Waals surface area contributed by atoms with E-state index in [1.165, 1.54) is 6.42 Å². The number of nitrogens with zero attached hydrogens (tertiary/aromatic N) is 5. The highest BCUT2D eigenvalue weighted by Gasteiger charge is 2.44. The van der Waals surface area contributed by atoms with E-state index in [1.807, 2.05) is 19.2 Å². The normalized spacial score (nSPS) is 23.3. The first-order chi connectivity index (χ1) is 13.7. The smallest absolute Gasteiger partial charge is 0.138 e. The van der Waals surface area contributed by atoms with Gasteiger partial charge in [0.25, 0.3) is 0 Å². The molecule has 7 nitrogen and oxygen atoms in total. The fraction of sp³-hybridized carbons (Fsp3) is 0.381. The Labute approximate surface area is 163 Å². The second-order valence-corrected chi connectivity index (χ2v) is 7.63. The van der Waals surface area contributed by atoms with Crippen molar-refractivity contribution >= 4 is 11.3 Å². The van der Waals surface area contributed by atoms with E-state index in [2.05, 4.69) is 28.2 Å². The van der Waals surface area contributed by atoms with E-state index in [9.17, 15) is 5.26 Å². The third kappa shape index (κ3) is 2.60. The predicted molar refractivity (Wildman–Crippen MR) is 106 cm³/mol. The molecule has 142 valence electrons. The third-order valence-corrected chi connectivity index (χ3v) is 6.00. The minimum Gasteiger partial charge on any atom is -0.492 e. The van der Waals surface area contributed by atoms with Crippen molar-refractivity contribution in [2.24, 2.45) is 17.6 Å². The number of anilines is 1. The third-order valence-electron chi connectivity index (χ3n) is 6.00. The first-order valence-electron chi connectivity index (χ1n) is 9.69. The van der Waals surface area contributed by atoms with Gasteiger partial charge in [0.1, 0.15) is 17.6 Å². The highest BCUT2D eigenvalue weighted by Crippen LogP contribution is 2.40. The fourth-order valence-electron chi connectivity index (χ4n) is 4.49.